The summed E-state index contributed by atoms with van der Waals surface area (Å²) in [6.07, 6.45) is 4.71. The molecule has 162 valence electrons. The molecule has 2 unspecified atom stereocenters. The Kier molecular flexibility index (Phi) is 7.05. The van der Waals surface area contributed by atoms with E-state index < -0.39 is 5.60 Å². The van der Waals surface area contributed by atoms with Gasteiger partial charge < -0.3 is 24.7 Å². The van der Waals surface area contributed by atoms with E-state index in [1.807, 2.05) is 32.9 Å². The van der Waals surface area contributed by atoms with E-state index >= 15 is 0 Å². The molecule has 3 heterocycles. The van der Waals surface area contributed by atoms with Gasteiger partial charge in [-0.1, -0.05) is 0 Å². The van der Waals surface area contributed by atoms with Crippen molar-refractivity contribution in [3.63, 3.8) is 0 Å². The highest BCUT2D eigenvalue weighted by Gasteiger charge is 2.30. The van der Waals surface area contributed by atoms with Crippen LogP contribution in [-0.4, -0.2) is 73.3 Å². The van der Waals surface area contributed by atoms with Crippen molar-refractivity contribution < 1.29 is 13.9 Å². The molecular formula is C21H35N5O3. The maximum Gasteiger partial charge on any atom is 0.407 e. The topological polar surface area (TPSA) is 82.3 Å². The van der Waals surface area contributed by atoms with Crippen molar-refractivity contribution in [1.29, 1.82) is 0 Å². The minimum absolute atomic E-state index is 0.0582. The van der Waals surface area contributed by atoms with Crippen LogP contribution < -0.4 is 10.6 Å². The summed E-state index contributed by atoms with van der Waals surface area (Å²) in [6, 6.07) is 4.25. The van der Waals surface area contributed by atoms with Gasteiger partial charge >= 0.3 is 6.09 Å². The molecule has 0 bridgehead atoms. The van der Waals surface area contributed by atoms with Crippen molar-refractivity contribution >= 4 is 12.1 Å². The predicted molar refractivity (Wildman–Crippen MR) is 113 cm³/mol. The van der Waals surface area contributed by atoms with Crippen molar-refractivity contribution in [3.05, 3.63) is 24.2 Å². The van der Waals surface area contributed by atoms with Crippen LogP contribution in [0.15, 0.2) is 27.8 Å². The van der Waals surface area contributed by atoms with Crippen LogP contribution in [0.2, 0.25) is 0 Å². The Morgan fingerprint density at radius 2 is 2.10 bits per heavy atom. The number of rotatable bonds is 5. The van der Waals surface area contributed by atoms with Crippen molar-refractivity contribution in [2.45, 2.75) is 57.7 Å². The van der Waals surface area contributed by atoms with Crippen LogP contribution in [0.1, 0.15) is 51.8 Å². The number of nitrogens with zero attached hydrogens (tertiary/aromatic N) is 3. The summed E-state index contributed by atoms with van der Waals surface area (Å²) < 4.78 is 11.1. The highest BCUT2D eigenvalue weighted by atomic mass is 16.6. The number of carbonyl (C=O) groups is 1. The fraction of sp³-hybridized carbons (Fsp3) is 0.714. The molecule has 1 amide bonds. The first-order chi connectivity index (χ1) is 13.9. The van der Waals surface area contributed by atoms with Crippen LogP contribution in [0.3, 0.4) is 0 Å². The van der Waals surface area contributed by atoms with Gasteiger partial charge in [0.05, 0.1) is 18.3 Å². The molecule has 0 aliphatic carbocycles. The SMILES string of the molecule is CN=C(NCC(c1ccco1)N1CCCC1)N1CCC(NC(=O)OC(C)(C)C)C1. The molecule has 0 radical (unpaired) electrons. The average Bonchev–Trinajstić information content (AvgIpc) is 3.39. The number of hydrogen-bond acceptors (Lipinski definition) is 5. The first-order valence-electron chi connectivity index (χ1n) is 10.6. The zero-order valence-electron chi connectivity index (χ0n) is 18.1. The van der Waals surface area contributed by atoms with Gasteiger partial charge in [-0.15, -0.1) is 0 Å². The number of carbonyl (C=O) groups excluding carboxylic acids is 1. The smallest absolute Gasteiger partial charge is 0.407 e. The average molecular weight is 406 g/mol. The zero-order valence-corrected chi connectivity index (χ0v) is 18.1. The highest BCUT2D eigenvalue weighted by molar-refractivity contribution is 5.80. The third-order valence-corrected chi connectivity index (χ3v) is 5.33. The molecule has 8 nitrogen and oxygen atoms in total. The second kappa shape index (κ2) is 9.52. The van der Waals surface area contributed by atoms with Gasteiger partial charge in [0.15, 0.2) is 5.96 Å². The summed E-state index contributed by atoms with van der Waals surface area (Å²) in [5.41, 5.74) is -0.490. The van der Waals surface area contributed by atoms with E-state index in [2.05, 4.69) is 25.4 Å². The van der Waals surface area contributed by atoms with Gasteiger partial charge in [-0.2, -0.15) is 0 Å². The number of guanidine groups is 1. The molecule has 1 aromatic heterocycles. The quantitative estimate of drug-likeness (QED) is 0.579. The minimum atomic E-state index is -0.490. The molecule has 2 saturated heterocycles. The minimum Gasteiger partial charge on any atom is -0.468 e. The van der Waals surface area contributed by atoms with E-state index in [9.17, 15) is 4.79 Å². The third kappa shape index (κ3) is 6.13. The summed E-state index contributed by atoms with van der Waals surface area (Å²) in [6.45, 7) is 10.1. The Hall–Kier alpha value is -2.22. The number of nitrogens with one attached hydrogen (secondary N) is 2. The first-order valence-corrected chi connectivity index (χ1v) is 10.6. The molecule has 2 atom stereocenters. The summed E-state index contributed by atoms with van der Waals surface area (Å²) in [7, 11) is 1.80. The van der Waals surface area contributed by atoms with Crippen LogP contribution in [0.25, 0.3) is 0 Å². The van der Waals surface area contributed by atoms with Gasteiger partial charge in [0, 0.05) is 26.7 Å². The second-order valence-corrected chi connectivity index (χ2v) is 8.78. The molecule has 0 spiro atoms. The Labute approximate surface area is 173 Å². The number of furan rings is 1. The van der Waals surface area contributed by atoms with Crippen molar-refractivity contribution in [2.75, 3.05) is 39.8 Å². The fourth-order valence-corrected chi connectivity index (χ4v) is 4.01. The second-order valence-electron chi connectivity index (χ2n) is 8.78. The summed E-state index contributed by atoms with van der Waals surface area (Å²) in [5.74, 6) is 1.84. The number of aliphatic imine (C=N–C) groups is 1. The standard InChI is InChI=1S/C21H35N5O3/c1-21(2,3)29-20(27)24-16-9-12-26(15-16)19(22-4)23-14-17(18-8-7-13-28-18)25-10-5-6-11-25/h7-8,13,16-17H,5-6,9-12,14-15H2,1-4H3,(H,22,23)(H,24,27). The van der Waals surface area contributed by atoms with E-state index in [-0.39, 0.29) is 18.2 Å². The van der Waals surface area contributed by atoms with Crippen LogP contribution in [0.4, 0.5) is 4.79 Å². The van der Waals surface area contributed by atoms with Gasteiger partial charge in [-0.05, 0) is 65.3 Å². The number of likely N-dealkylation sites (tertiary alicyclic amines) is 2. The van der Waals surface area contributed by atoms with E-state index in [4.69, 9.17) is 9.15 Å². The van der Waals surface area contributed by atoms with Crippen molar-refractivity contribution in [3.8, 4) is 0 Å². The first kappa shape index (κ1) is 21.5. The van der Waals surface area contributed by atoms with Gasteiger partial charge in [-0.25, -0.2) is 4.79 Å². The van der Waals surface area contributed by atoms with Crippen LogP contribution in [-0.2, 0) is 4.74 Å². The summed E-state index contributed by atoms with van der Waals surface area (Å²) in [4.78, 5) is 21.2. The fourth-order valence-electron chi connectivity index (χ4n) is 4.01. The normalized spacial score (nSPS) is 22.0. The molecule has 2 aliphatic heterocycles. The Morgan fingerprint density at radius 1 is 1.34 bits per heavy atom. The third-order valence-electron chi connectivity index (χ3n) is 5.33. The molecule has 0 aromatic carbocycles. The summed E-state index contributed by atoms with van der Waals surface area (Å²) in [5, 5.41) is 6.49. The molecule has 2 fully saturated rings. The Morgan fingerprint density at radius 3 is 2.72 bits per heavy atom. The van der Waals surface area contributed by atoms with Crippen molar-refractivity contribution in [2.24, 2.45) is 4.99 Å². The zero-order chi connectivity index (χ0) is 20.9. The highest BCUT2D eigenvalue weighted by Crippen LogP contribution is 2.25. The number of hydrogen-bond donors (Lipinski definition) is 2. The number of amides is 1. The lowest BCUT2D eigenvalue weighted by Crippen LogP contribution is -2.46. The van der Waals surface area contributed by atoms with Gasteiger partial charge in [0.2, 0.25) is 0 Å². The van der Waals surface area contributed by atoms with Gasteiger partial charge in [-0.3, -0.25) is 9.89 Å². The van der Waals surface area contributed by atoms with Crippen LogP contribution in [0.5, 0.6) is 0 Å². The molecule has 2 N–H and O–H groups in total. The van der Waals surface area contributed by atoms with Gasteiger partial charge in [0.25, 0.3) is 0 Å². The lowest BCUT2D eigenvalue weighted by Gasteiger charge is -2.29. The molecular weight excluding hydrogens is 370 g/mol. The van der Waals surface area contributed by atoms with Crippen LogP contribution >= 0.6 is 0 Å². The van der Waals surface area contributed by atoms with Gasteiger partial charge in [0.1, 0.15) is 11.4 Å². The molecule has 2 aliphatic rings. The molecule has 8 heteroatoms. The number of ether oxygens (including phenoxy) is 1. The van der Waals surface area contributed by atoms with E-state index in [0.717, 1.165) is 44.3 Å². The molecule has 29 heavy (non-hydrogen) atoms. The lowest BCUT2D eigenvalue weighted by atomic mass is 10.2. The van der Waals surface area contributed by atoms with E-state index in [1.54, 1.807) is 13.3 Å². The Balaban J connectivity index is 1.53. The Bertz CT molecular complexity index is 677. The molecule has 3 rings (SSSR count). The lowest BCUT2D eigenvalue weighted by molar-refractivity contribution is 0.0507. The monoisotopic (exact) mass is 405 g/mol. The number of alkyl carbamates (subject to hydrolysis) is 1. The molecule has 0 saturated carbocycles. The van der Waals surface area contributed by atoms with Crippen LogP contribution in [0, 0.1) is 0 Å². The largest absolute Gasteiger partial charge is 0.468 e. The maximum atomic E-state index is 12.0. The predicted octanol–water partition coefficient (Wildman–Crippen LogP) is 2.59. The summed E-state index contributed by atoms with van der Waals surface area (Å²) >= 11 is 0. The maximum absolute atomic E-state index is 12.0. The van der Waals surface area contributed by atoms with E-state index in [0.29, 0.717) is 6.54 Å². The van der Waals surface area contributed by atoms with Crippen molar-refractivity contribution in [1.82, 2.24) is 20.4 Å². The van der Waals surface area contributed by atoms with E-state index in [1.165, 1.54) is 12.8 Å². The molecule has 1 aromatic rings.